The molecule has 0 atom stereocenters. The average molecular weight is 260 g/mol. The summed E-state index contributed by atoms with van der Waals surface area (Å²) in [5.74, 6) is 0.983. The molecule has 0 aromatic carbocycles. The Kier molecular flexibility index (Phi) is 3.61. The Labute approximate surface area is 100 Å². The molecule has 0 saturated carbocycles. The van der Waals surface area contributed by atoms with Crippen LogP contribution in [0.5, 0.6) is 0 Å². The van der Waals surface area contributed by atoms with Crippen molar-refractivity contribution in [3.63, 3.8) is 0 Å². The van der Waals surface area contributed by atoms with Gasteiger partial charge in [0.05, 0.1) is 16.5 Å². The zero-order chi connectivity index (χ0) is 11.6. The van der Waals surface area contributed by atoms with Crippen molar-refractivity contribution >= 4 is 21.2 Å². The Balaban J connectivity index is 2.02. The maximum Gasteiger partial charge on any atom is 0.150 e. The molecule has 2 rings (SSSR count). The van der Waals surface area contributed by atoms with Gasteiger partial charge in [-0.2, -0.15) is 0 Å². The standard InChI is InChI=1S/C10H16N2O2S2/c1-11-6-9-7-12-10(15-9)8-2-4-16(13,14)5-3-8/h7-8,11H,2-6H2,1H3. The van der Waals surface area contributed by atoms with E-state index in [0.717, 1.165) is 24.4 Å². The van der Waals surface area contributed by atoms with Crippen LogP contribution in [-0.4, -0.2) is 32.0 Å². The van der Waals surface area contributed by atoms with Gasteiger partial charge in [0.15, 0.2) is 0 Å². The van der Waals surface area contributed by atoms with E-state index in [9.17, 15) is 8.42 Å². The largest absolute Gasteiger partial charge is 0.315 e. The third kappa shape index (κ3) is 2.81. The molecule has 1 saturated heterocycles. The smallest absolute Gasteiger partial charge is 0.150 e. The molecule has 6 heteroatoms. The first-order valence-corrected chi connectivity index (χ1v) is 8.04. The fraction of sp³-hybridized carbons (Fsp3) is 0.700. The van der Waals surface area contributed by atoms with E-state index >= 15 is 0 Å². The Morgan fingerprint density at radius 3 is 2.81 bits per heavy atom. The number of rotatable bonds is 3. The number of sulfone groups is 1. The van der Waals surface area contributed by atoms with Crippen LogP contribution in [0.3, 0.4) is 0 Å². The minimum absolute atomic E-state index is 0.318. The summed E-state index contributed by atoms with van der Waals surface area (Å²) in [7, 11) is -0.853. The number of thiazole rings is 1. The predicted molar refractivity (Wildman–Crippen MR) is 65.5 cm³/mol. The zero-order valence-electron chi connectivity index (χ0n) is 9.27. The van der Waals surface area contributed by atoms with Crippen molar-refractivity contribution in [3.8, 4) is 0 Å². The summed E-state index contributed by atoms with van der Waals surface area (Å²) in [6, 6.07) is 0. The first-order chi connectivity index (χ1) is 7.61. The predicted octanol–water partition coefficient (Wildman–Crippen LogP) is 1.15. The van der Waals surface area contributed by atoms with Crippen molar-refractivity contribution in [1.29, 1.82) is 0 Å². The monoisotopic (exact) mass is 260 g/mol. The lowest BCUT2D eigenvalue weighted by molar-refractivity contribution is 0.549. The SMILES string of the molecule is CNCc1cnc(C2CCS(=O)(=O)CC2)s1. The van der Waals surface area contributed by atoms with Gasteiger partial charge in [-0.3, -0.25) is 0 Å². The molecule has 0 bridgehead atoms. The highest BCUT2D eigenvalue weighted by Crippen LogP contribution is 2.31. The maximum atomic E-state index is 11.3. The van der Waals surface area contributed by atoms with E-state index in [1.807, 2.05) is 13.2 Å². The van der Waals surface area contributed by atoms with E-state index < -0.39 is 9.84 Å². The Hall–Kier alpha value is -0.460. The lowest BCUT2D eigenvalue weighted by atomic mass is 10.0. The summed E-state index contributed by atoms with van der Waals surface area (Å²) in [6.07, 6.45) is 3.35. The van der Waals surface area contributed by atoms with Gasteiger partial charge in [0.25, 0.3) is 0 Å². The summed E-state index contributed by atoms with van der Waals surface area (Å²) in [6.45, 7) is 0.836. The second-order valence-electron chi connectivity index (χ2n) is 4.12. The highest BCUT2D eigenvalue weighted by molar-refractivity contribution is 7.91. The van der Waals surface area contributed by atoms with Gasteiger partial charge in [0.1, 0.15) is 9.84 Å². The van der Waals surface area contributed by atoms with Crippen molar-refractivity contribution in [2.24, 2.45) is 0 Å². The van der Waals surface area contributed by atoms with Gasteiger partial charge >= 0.3 is 0 Å². The fourth-order valence-electron chi connectivity index (χ4n) is 1.90. The minimum atomic E-state index is -2.76. The van der Waals surface area contributed by atoms with Crippen LogP contribution in [-0.2, 0) is 16.4 Å². The van der Waals surface area contributed by atoms with Crippen LogP contribution < -0.4 is 5.32 Å². The van der Waals surface area contributed by atoms with Crippen LogP contribution in [0, 0.1) is 0 Å². The van der Waals surface area contributed by atoms with Crippen molar-refractivity contribution in [1.82, 2.24) is 10.3 Å². The summed E-state index contributed by atoms with van der Waals surface area (Å²) < 4.78 is 22.6. The molecule has 0 spiro atoms. The normalized spacial score (nSPS) is 21.1. The van der Waals surface area contributed by atoms with E-state index in [4.69, 9.17) is 0 Å². The second kappa shape index (κ2) is 4.81. The van der Waals surface area contributed by atoms with Gasteiger partial charge in [0.2, 0.25) is 0 Å². The Bertz CT molecular complexity index is 439. The molecule has 0 unspecified atom stereocenters. The number of hydrogen-bond acceptors (Lipinski definition) is 5. The topological polar surface area (TPSA) is 59.1 Å². The first kappa shape index (κ1) is 12.0. The van der Waals surface area contributed by atoms with Crippen LogP contribution in [0.15, 0.2) is 6.20 Å². The van der Waals surface area contributed by atoms with Gasteiger partial charge in [-0.1, -0.05) is 0 Å². The summed E-state index contributed by atoms with van der Waals surface area (Å²) in [4.78, 5) is 5.60. The van der Waals surface area contributed by atoms with Gasteiger partial charge in [-0.25, -0.2) is 13.4 Å². The molecule has 16 heavy (non-hydrogen) atoms. The van der Waals surface area contributed by atoms with E-state index in [-0.39, 0.29) is 0 Å². The number of aromatic nitrogens is 1. The molecule has 0 amide bonds. The number of nitrogens with zero attached hydrogens (tertiary/aromatic N) is 1. The van der Waals surface area contributed by atoms with E-state index in [0.29, 0.717) is 17.4 Å². The number of nitrogens with one attached hydrogen (secondary N) is 1. The van der Waals surface area contributed by atoms with Crippen molar-refractivity contribution < 1.29 is 8.42 Å². The molecule has 1 N–H and O–H groups in total. The summed E-state index contributed by atoms with van der Waals surface area (Å²) in [5.41, 5.74) is 0. The summed E-state index contributed by atoms with van der Waals surface area (Å²) >= 11 is 1.70. The molecule has 1 aromatic rings. The summed E-state index contributed by atoms with van der Waals surface area (Å²) in [5, 5.41) is 4.19. The molecular weight excluding hydrogens is 244 g/mol. The fourth-order valence-corrected chi connectivity index (χ4v) is 4.49. The van der Waals surface area contributed by atoms with Crippen LogP contribution in [0.4, 0.5) is 0 Å². The average Bonchev–Trinajstić information content (AvgIpc) is 2.67. The molecule has 1 aliphatic heterocycles. The Morgan fingerprint density at radius 1 is 1.50 bits per heavy atom. The van der Waals surface area contributed by atoms with Crippen LogP contribution in [0.25, 0.3) is 0 Å². The lowest BCUT2D eigenvalue weighted by Crippen LogP contribution is -2.21. The van der Waals surface area contributed by atoms with E-state index in [1.165, 1.54) is 4.88 Å². The van der Waals surface area contributed by atoms with Crippen molar-refractivity contribution in [2.45, 2.75) is 25.3 Å². The molecule has 0 aliphatic carbocycles. The quantitative estimate of drug-likeness (QED) is 0.886. The maximum absolute atomic E-state index is 11.3. The second-order valence-corrected chi connectivity index (χ2v) is 7.57. The molecular formula is C10H16N2O2S2. The van der Waals surface area contributed by atoms with Crippen molar-refractivity contribution in [3.05, 3.63) is 16.1 Å². The third-order valence-corrected chi connectivity index (χ3v) is 5.70. The molecule has 2 heterocycles. The molecule has 0 radical (unpaired) electrons. The Morgan fingerprint density at radius 2 is 2.19 bits per heavy atom. The molecule has 1 aromatic heterocycles. The lowest BCUT2D eigenvalue weighted by Gasteiger charge is -2.19. The first-order valence-electron chi connectivity index (χ1n) is 5.40. The molecule has 1 aliphatic rings. The van der Waals surface area contributed by atoms with Gasteiger partial charge in [-0.05, 0) is 19.9 Å². The van der Waals surface area contributed by atoms with Crippen LogP contribution >= 0.6 is 11.3 Å². The minimum Gasteiger partial charge on any atom is -0.315 e. The van der Waals surface area contributed by atoms with E-state index in [2.05, 4.69) is 10.3 Å². The zero-order valence-corrected chi connectivity index (χ0v) is 10.9. The van der Waals surface area contributed by atoms with Crippen molar-refractivity contribution in [2.75, 3.05) is 18.6 Å². The van der Waals surface area contributed by atoms with Gasteiger partial charge < -0.3 is 5.32 Å². The highest BCUT2D eigenvalue weighted by Gasteiger charge is 2.26. The van der Waals surface area contributed by atoms with Crippen LogP contribution in [0.2, 0.25) is 0 Å². The van der Waals surface area contributed by atoms with E-state index in [1.54, 1.807) is 11.3 Å². The molecule has 4 nitrogen and oxygen atoms in total. The van der Waals surface area contributed by atoms with Gasteiger partial charge in [-0.15, -0.1) is 11.3 Å². The highest BCUT2D eigenvalue weighted by atomic mass is 32.2. The number of hydrogen-bond donors (Lipinski definition) is 1. The van der Waals surface area contributed by atoms with Gasteiger partial charge in [0, 0.05) is 23.5 Å². The van der Waals surface area contributed by atoms with Crippen LogP contribution in [0.1, 0.15) is 28.6 Å². The molecule has 90 valence electrons. The molecule has 1 fully saturated rings. The third-order valence-electron chi connectivity index (χ3n) is 2.83.